The first kappa shape index (κ1) is 44.6. The number of hydrogen-bond acceptors (Lipinski definition) is 13. The zero-order valence-electron chi connectivity index (χ0n) is 32.4. The number of aromatic nitrogens is 3. The zero-order valence-corrected chi connectivity index (χ0v) is 33.3. The molecule has 1 fully saturated rings. The number of nitrogen functional groups attached to an aromatic ring is 1. The minimum atomic E-state index is -4.81. The molecule has 17 heteroatoms. The molecule has 3 aromatic rings. The molecule has 6 atom stereocenters. The first-order valence-electron chi connectivity index (χ1n) is 19.6. The molecule has 0 radical (unpaired) electrons. The summed E-state index contributed by atoms with van der Waals surface area (Å²) in [4.78, 5) is 39.5. The van der Waals surface area contributed by atoms with Crippen LogP contribution >= 0.6 is 7.82 Å². The van der Waals surface area contributed by atoms with Gasteiger partial charge in [-0.2, -0.15) is 10.4 Å². The number of benzene rings is 1. The van der Waals surface area contributed by atoms with Crippen LogP contribution in [-0.4, -0.2) is 79.7 Å². The van der Waals surface area contributed by atoms with Gasteiger partial charge in [0.05, 0.1) is 19.4 Å². The third-order valence-electron chi connectivity index (χ3n) is 10.1. The van der Waals surface area contributed by atoms with Crippen LogP contribution in [0.2, 0.25) is 0 Å². The highest BCUT2D eigenvalue weighted by atomic mass is 31.2. The Balaban J connectivity index is 1.19. The van der Waals surface area contributed by atoms with Gasteiger partial charge in [-0.3, -0.25) is 14.2 Å². The van der Waals surface area contributed by atoms with E-state index < -0.39 is 50.4 Å². The standard InChI is InChI=1S/C39H57N6O10P/c1-3-4-5-6-7-8-9-10-11-12-13-14-15-16-17-34(46)44-30(38(49)52-2)24-28-18-20-29(21-19-28)55-56(50,51)53-25-32-35(47)36(48)39(26-40,54-32)33-23-22-31-37(41)42-27-43-45(31)33/h18-23,27,30,32,35-36,47-48H,3-17,24-25H2,1-2H3,(H,44,46)(H,50,51)(H2,41,42,43)/t30-,32+,35+,36+,39-/m0/s1. The average molecular weight is 801 g/mol. The molecule has 1 aliphatic rings. The first-order chi connectivity index (χ1) is 26.9. The Hall–Kier alpha value is -4.10. The van der Waals surface area contributed by atoms with Gasteiger partial charge >= 0.3 is 13.8 Å². The van der Waals surface area contributed by atoms with Crippen molar-refractivity contribution in [3.8, 4) is 11.8 Å². The van der Waals surface area contributed by atoms with Crippen molar-refractivity contribution < 1.29 is 47.8 Å². The number of nitrogens with zero attached hydrogens (tertiary/aromatic N) is 4. The van der Waals surface area contributed by atoms with Gasteiger partial charge in [0.1, 0.15) is 48.0 Å². The molecule has 1 unspecified atom stereocenters. The quantitative estimate of drug-likeness (QED) is 0.0409. The van der Waals surface area contributed by atoms with E-state index in [1.54, 1.807) is 12.1 Å². The molecule has 1 aromatic carbocycles. The number of esters is 1. The highest BCUT2D eigenvalue weighted by Gasteiger charge is 2.58. The molecular weight excluding hydrogens is 743 g/mol. The van der Waals surface area contributed by atoms with E-state index in [0.29, 0.717) is 17.5 Å². The van der Waals surface area contributed by atoms with Gasteiger partial charge in [0.2, 0.25) is 11.5 Å². The lowest BCUT2D eigenvalue weighted by Crippen LogP contribution is -2.43. The van der Waals surface area contributed by atoms with Crippen LogP contribution in [0, 0.1) is 11.3 Å². The fourth-order valence-electron chi connectivity index (χ4n) is 6.88. The van der Waals surface area contributed by atoms with E-state index >= 15 is 0 Å². The number of amides is 1. The predicted molar refractivity (Wildman–Crippen MR) is 207 cm³/mol. The van der Waals surface area contributed by atoms with Crippen LogP contribution < -0.4 is 15.6 Å². The summed E-state index contributed by atoms with van der Waals surface area (Å²) in [5.74, 6) is -0.780. The number of nitrogens with one attached hydrogen (secondary N) is 1. The first-order valence-corrected chi connectivity index (χ1v) is 21.1. The number of nitrogens with two attached hydrogens (primary N) is 1. The van der Waals surface area contributed by atoms with Gasteiger partial charge in [0, 0.05) is 12.8 Å². The number of carbonyl (C=O) groups excluding carboxylic acids is 2. The average Bonchev–Trinajstić information content (AvgIpc) is 3.73. The van der Waals surface area contributed by atoms with E-state index in [-0.39, 0.29) is 29.6 Å². The van der Waals surface area contributed by atoms with Crippen molar-refractivity contribution in [3.05, 3.63) is 54.0 Å². The van der Waals surface area contributed by atoms with Crippen LogP contribution in [0.15, 0.2) is 42.7 Å². The number of fused-ring (bicyclic) bond motifs is 1. The molecule has 1 amide bonds. The number of phosphoric ester groups is 1. The number of hydrogen-bond donors (Lipinski definition) is 5. The second-order valence-corrected chi connectivity index (χ2v) is 15.7. The number of aliphatic hydroxyl groups excluding tert-OH is 2. The molecule has 0 spiro atoms. The number of anilines is 1. The summed E-state index contributed by atoms with van der Waals surface area (Å²) in [5, 5.41) is 38.5. The van der Waals surface area contributed by atoms with Gasteiger partial charge in [0.15, 0.2) is 5.82 Å². The predicted octanol–water partition coefficient (Wildman–Crippen LogP) is 5.42. The van der Waals surface area contributed by atoms with Crippen LogP contribution in [0.3, 0.4) is 0 Å². The van der Waals surface area contributed by atoms with Gasteiger partial charge < -0.3 is 35.3 Å². The number of nitriles is 1. The summed E-state index contributed by atoms with van der Waals surface area (Å²) in [6.45, 7) is 1.51. The molecule has 4 rings (SSSR count). The fraction of sp³-hybridized carbons (Fsp3) is 0.615. The van der Waals surface area contributed by atoms with Crippen molar-refractivity contribution in [2.45, 2.75) is 140 Å². The lowest BCUT2D eigenvalue weighted by molar-refractivity contribution is -0.145. The summed E-state index contributed by atoms with van der Waals surface area (Å²) in [6.07, 6.45) is 13.7. The summed E-state index contributed by atoms with van der Waals surface area (Å²) in [6, 6.07) is 9.81. The third-order valence-corrected chi connectivity index (χ3v) is 11.0. The second kappa shape index (κ2) is 22.0. The highest BCUT2D eigenvalue weighted by Crippen LogP contribution is 2.46. The van der Waals surface area contributed by atoms with Crippen molar-refractivity contribution >= 4 is 31.0 Å². The largest absolute Gasteiger partial charge is 0.527 e. The summed E-state index contributed by atoms with van der Waals surface area (Å²) < 4.78 is 35.1. The van der Waals surface area contributed by atoms with Crippen molar-refractivity contribution in [1.29, 1.82) is 5.26 Å². The molecular formula is C39H57N6O10P. The number of carbonyl (C=O) groups is 2. The number of methoxy groups -OCH3 is 1. The topological polar surface area (TPSA) is 241 Å². The lowest BCUT2D eigenvalue weighted by Gasteiger charge is -2.24. The molecule has 3 heterocycles. The molecule has 0 saturated carbocycles. The van der Waals surface area contributed by atoms with Gasteiger partial charge in [-0.05, 0) is 36.2 Å². The van der Waals surface area contributed by atoms with Crippen LogP contribution in [0.5, 0.6) is 5.75 Å². The molecule has 1 aliphatic heterocycles. The van der Waals surface area contributed by atoms with Crippen LogP contribution in [0.1, 0.15) is 114 Å². The Bertz CT molecular complexity index is 1790. The van der Waals surface area contributed by atoms with E-state index in [1.165, 1.54) is 100 Å². The van der Waals surface area contributed by atoms with E-state index in [0.717, 1.165) is 32.0 Å². The minimum Gasteiger partial charge on any atom is -0.467 e. The SMILES string of the molecule is CCCCCCCCCCCCCCCCC(=O)N[C@@H](Cc1ccc(OP(=O)(O)OC[C@H]2O[C@@](C#N)(c3ccc4c(N)ncnn34)[C@H](O)[C@@H]2O)cc1)C(=O)OC. The number of aliphatic hydroxyl groups is 2. The number of rotatable bonds is 25. The molecule has 16 nitrogen and oxygen atoms in total. The monoisotopic (exact) mass is 800 g/mol. The molecule has 308 valence electrons. The van der Waals surface area contributed by atoms with Crippen LogP contribution in [0.4, 0.5) is 5.82 Å². The second-order valence-electron chi connectivity index (χ2n) is 14.3. The Morgan fingerprint density at radius 3 is 2.20 bits per heavy atom. The summed E-state index contributed by atoms with van der Waals surface area (Å²) in [7, 11) is -3.57. The maximum absolute atomic E-state index is 12.9. The Labute approximate surface area is 328 Å². The molecule has 0 bridgehead atoms. The molecule has 56 heavy (non-hydrogen) atoms. The summed E-state index contributed by atoms with van der Waals surface area (Å²) >= 11 is 0. The fourth-order valence-corrected chi connectivity index (χ4v) is 7.66. The lowest BCUT2D eigenvalue weighted by atomic mass is 9.92. The molecule has 1 saturated heterocycles. The smallest absolute Gasteiger partial charge is 0.467 e. The van der Waals surface area contributed by atoms with Gasteiger partial charge in [-0.25, -0.2) is 18.9 Å². The molecule has 6 N–H and O–H groups in total. The van der Waals surface area contributed by atoms with Gasteiger partial charge in [-0.1, -0.05) is 103 Å². The number of ether oxygens (including phenoxy) is 2. The number of unbranched alkanes of at least 4 members (excludes halogenated alkanes) is 13. The van der Waals surface area contributed by atoms with E-state index in [1.807, 2.05) is 6.07 Å². The molecule has 2 aromatic heterocycles. The van der Waals surface area contributed by atoms with Crippen LogP contribution in [-0.2, 0) is 40.2 Å². The molecule has 0 aliphatic carbocycles. The Kier molecular flexibility index (Phi) is 17.5. The summed E-state index contributed by atoms with van der Waals surface area (Å²) in [5.41, 5.74) is 4.77. The number of phosphoric acid groups is 1. The minimum absolute atomic E-state index is 0.0488. The van der Waals surface area contributed by atoms with Crippen molar-refractivity contribution in [2.75, 3.05) is 19.5 Å². The highest BCUT2D eigenvalue weighted by molar-refractivity contribution is 7.47. The van der Waals surface area contributed by atoms with E-state index in [4.69, 9.17) is 24.3 Å². The van der Waals surface area contributed by atoms with Gasteiger partial charge in [0.25, 0.3) is 0 Å². The maximum atomic E-state index is 12.9. The maximum Gasteiger partial charge on any atom is 0.527 e. The Morgan fingerprint density at radius 1 is 1.00 bits per heavy atom. The third kappa shape index (κ3) is 12.4. The van der Waals surface area contributed by atoms with Crippen molar-refractivity contribution in [2.24, 2.45) is 0 Å². The van der Waals surface area contributed by atoms with E-state index in [2.05, 4.69) is 22.3 Å². The Morgan fingerprint density at radius 2 is 1.61 bits per heavy atom. The van der Waals surface area contributed by atoms with Crippen molar-refractivity contribution in [3.63, 3.8) is 0 Å². The van der Waals surface area contributed by atoms with Crippen LogP contribution in [0.25, 0.3) is 5.52 Å². The zero-order chi connectivity index (χ0) is 40.6. The normalized spacial score (nSPS) is 21.0. The van der Waals surface area contributed by atoms with Gasteiger partial charge in [-0.15, -0.1) is 0 Å². The van der Waals surface area contributed by atoms with E-state index in [9.17, 15) is 34.5 Å². The van der Waals surface area contributed by atoms with Crippen molar-refractivity contribution in [1.82, 2.24) is 19.9 Å².